The third-order valence-electron chi connectivity index (χ3n) is 3.23. The van der Waals surface area contributed by atoms with Crippen molar-refractivity contribution >= 4 is 27.5 Å². The van der Waals surface area contributed by atoms with E-state index in [1.807, 2.05) is 13.0 Å². The molecule has 0 aliphatic carbocycles. The molecule has 1 aromatic carbocycles. The van der Waals surface area contributed by atoms with E-state index >= 15 is 0 Å². The molecule has 0 unspecified atom stereocenters. The average Bonchev–Trinajstić information content (AvgIpc) is 2.92. The molecule has 1 amide bonds. The first-order chi connectivity index (χ1) is 10.8. The monoisotopic (exact) mass is 355 g/mol. The number of carbonyl (C=O) groups is 1. The molecule has 0 bridgehead atoms. The Labute approximate surface area is 140 Å². The molecule has 3 N–H and O–H groups in total. The van der Waals surface area contributed by atoms with Gasteiger partial charge in [-0.2, -0.15) is 0 Å². The second-order valence-corrected chi connectivity index (χ2v) is 7.33. The highest BCUT2D eigenvalue weighted by Crippen LogP contribution is 2.16. The van der Waals surface area contributed by atoms with Gasteiger partial charge in [0, 0.05) is 19.3 Å². The van der Waals surface area contributed by atoms with Crippen molar-refractivity contribution in [2.24, 2.45) is 0 Å². The van der Waals surface area contributed by atoms with E-state index in [1.165, 1.54) is 12.3 Å². The number of carbonyl (C=O) groups excluding carboxylic acids is 1. The maximum absolute atomic E-state index is 12.3. The number of halogens is 1. The van der Waals surface area contributed by atoms with Crippen molar-refractivity contribution in [1.29, 1.82) is 0 Å². The standard InChI is InChI=1S/C15H18ClN3O3S/c1-10-3-4-11(2)14(7-10)23(21,22)19-6-5-17-15(20)13-8-12(16)9-18-13/h3-4,7-9,18-19H,5-6H2,1-2H3,(H,17,20). The molecular formula is C15H18ClN3O3S. The molecular weight excluding hydrogens is 338 g/mol. The molecule has 0 aliphatic rings. The van der Waals surface area contributed by atoms with Gasteiger partial charge in [0.15, 0.2) is 0 Å². The summed E-state index contributed by atoms with van der Waals surface area (Å²) >= 11 is 5.72. The maximum atomic E-state index is 12.3. The highest BCUT2D eigenvalue weighted by atomic mass is 35.5. The fourth-order valence-electron chi connectivity index (χ4n) is 2.03. The van der Waals surface area contributed by atoms with Gasteiger partial charge in [0.05, 0.1) is 9.92 Å². The smallest absolute Gasteiger partial charge is 0.267 e. The summed E-state index contributed by atoms with van der Waals surface area (Å²) < 4.78 is 27.0. The highest BCUT2D eigenvalue weighted by Gasteiger charge is 2.16. The topological polar surface area (TPSA) is 91.1 Å². The number of benzene rings is 1. The van der Waals surface area contributed by atoms with Crippen LogP contribution in [0, 0.1) is 13.8 Å². The number of aromatic nitrogens is 1. The van der Waals surface area contributed by atoms with Gasteiger partial charge in [0.2, 0.25) is 10.0 Å². The molecule has 0 spiro atoms. The molecule has 6 nitrogen and oxygen atoms in total. The van der Waals surface area contributed by atoms with Gasteiger partial charge in [-0.3, -0.25) is 4.79 Å². The van der Waals surface area contributed by atoms with E-state index in [9.17, 15) is 13.2 Å². The predicted molar refractivity (Wildman–Crippen MR) is 89.2 cm³/mol. The van der Waals surface area contributed by atoms with Gasteiger partial charge in [0.1, 0.15) is 5.69 Å². The van der Waals surface area contributed by atoms with Gasteiger partial charge in [-0.15, -0.1) is 0 Å². The summed E-state index contributed by atoms with van der Waals surface area (Å²) in [5, 5.41) is 3.04. The summed E-state index contributed by atoms with van der Waals surface area (Å²) in [5.74, 6) is -0.345. The zero-order valence-corrected chi connectivity index (χ0v) is 14.4. The Kier molecular flexibility index (Phi) is 5.46. The molecule has 0 saturated heterocycles. The summed E-state index contributed by atoms with van der Waals surface area (Å²) in [6, 6.07) is 6.74. The first kappa shape index (κ1) is 17.5. The summed E-state index contributed by atoms with van der Waals surface area (Å²) in [4.78, 5) is 14.7. The van der Waals surface area contributed by atoms with E-state index < -0.39 is 10.0 Å². The second kappa shape index (κ2) is 7.16. The van der Waals surface area contributed by atoms with Crippen molar-refractivity contribution in [1.82, 2.24) is 15.0 Å². The number of H-pyrrole nitrogens is 1. The van der Waals surface area contributed by atoms with Gasteiger partial charge in [0.25, 0.3) is 5.91 Å². The van der Waals surface area contributed by atoms with E-state index in [-0.39, 0.29) is 23.9 Å². The van der Waals surface area contributed by atoms with E-state index in [1.54, 1.807) is 19.1 Å². The average molecular weight is 356 g/mol. The number of nitrogens with one attached hydrogen (secondary N) is 3. The number of aromatic amines is 1. The van der Waals surface area contributed by atoms with Gasteiger partial charge in [-0.1, -0.05) is 23.7 Å². The van der Waals surface area contributed by atoms with Crippen LogP contribution in [0.3, 0.4) is 0 Å². The Balaban J connectivity index is 1.90. The maximum Gasteiger partial charge on any atom is 0.267 e. The molecule has 2 aromatic rings. The minimum Gasteiger partial charge on any atom is -0.356 e. The van der Waals surface area contributed by atoms with Crippen molar-refractivity contribution in [3.05, 3.63) is 52.3 Å². The van der Waals surface area contributed by atoms with Crippen LogP contribution in [0.15, 0.2) is 35.4 Å². The molecule has 8 heteroatoms. The SMILES string of the molecule is Cc1ccc(C)c(S(=O)(=O)NCCNC(=O)c2cc(Cl)c[nH]2)c1. The van der Waals surface area contributed by atoms with Crippen molar-refractivity contribution in [3.8, 4) is 0 Å². The minimum absolute atomic E-state index is 0.0932. The van der Waals surface area contributed by atoms with Gasteiger partial charge in [-0.25, -0.2) is 13.1 Å². The number of hydrogen-bond acceptors (Lipinski definition) is 3. The van der Waals surface area contributed by atoms with Crippen molar-refractivity contribution in [2.75, 3.05) is 13.1 Å². The normalized spacial score (nSPS) is 11.4. The number of amides is 1. The van der Waals surface area contributed by atoms with Crippen molar-refractivity contribution in [3.63, 3.8) is 0 Å². The number of sulfonamides is 1. The van der Waals surface area contributed by atoms with Crippen LogP contribution in [0.2, 0.25) is 5.02 Å². The third kappa shape index (κ3) is 4.57. The lowest BCUT2D eigenvalue weighted by atomic mass is 10.2. The second-order valence-electron chi connectivity index (χ2n) is 5.15. The van der Waals surface area contributed by atoms with Crippen LogP contribution in [0.4, 0.5) is 0 Å². The van der Waals surface area contributed by atoms with Crippen molar-refractivity contribution in [2.45, 2.75) is 18.7 Å². The molecule has 1 heterocycles. The minimum atomic E-state index is -3.60. The Morgan fingerprint density at radius 1 is 1.22 bits per heavy atom. The van der Waals surface area contributed by atoms with Gasteiger partial charge < -0.3 is 10.3 Å². The quantitative estimate of drug-likeness (QED) is 0.692. The fraction of sp³-hybridized carbons (Fsp3) is 0.267. The summed E-state index contributed by atoms with van der Waals surface area (Å²) in [6.07, 6.45) is 1.50. The van der Waals surface area contributed by atoms with Crippen LogP contribution in [0.1, 0.15) is 21.6 Å². The molecule has 1 aromatic heterocycles. The molecule has 124 valence electrons. The lowest BCUT2D eigenvalue weighted by molar-refractivity contribution is 0.0950. The Morgan fingerprint density at radius 3 is 2.61 bits per heavy atom. The zero-order chi connectivity index (χ0) is 17.0. The number of hydrogen-bond donors (Lipinski definition) is 3. The molecule has 0 fully saturated rings. The van der Waals surface area contributed by atoms with Crippen LogP contribution < -0.4 is 10.0 Å². The summed E-state index contributed by atoms with van der Waals surface area (Å²) in [6.45, 7) is 3.83. The van der Waals surface area contributed by atoms with E-state index in [0.717, 1.165) is 5.56 Å². The molecule has 0 aliphatic heterocycles. The van der Waals surface area contributed by atoms with Crippen LogP contribution in [-0.2, 0) is 10.0 Å². The van der Waals surface area contributed by atoms with E-state index in [0.29, 0.717) is 16.3 Å². The summed E-state index contributed by atoms with van der Waals surface area (Å²) in [7, 11) is -3.60. The molecule has 0 saturated carbocycles. The lowest BCUT2D eigenvalue weighted by Crippen LogP contribution is -2.35. The lowest BCUT2D eigenvalue weighted by Gasteiger charge is -2.10. The Morgan fingerprint density at radius 2 is 1.96 bits per heavy atom. The number of rotatable bonds is 6. The van der Waals surface area contributed by atoms with Crippen LogP contribution >= 0.6 is 11.6 Å². The Bertz CT molecular complexity index is 815. The van der Waals surface area contributed by atoms with E-state index in [4.69, 9.17) is 11.6 Å². The predicted octanol–water partition coefficient (Wildman–Crippen LogP) is 1.99. The molecule has 0 atom stereocenters. The summed E-state index contributed by atoms with van der Waals surface area (Å²) in [5.41, 5.74) is 1.87. The van der Waals surface area contributed by atoms with Crippen LogP contribution in [0.25, 0.3) is 0 Å². The van der Waals surface area contributed by atoms with Gasteiger partial charge in [-0.05, 0) is 37.1 Å². The highest BCUT2D eigenvalue weighted by molar-refractivity contribution is 7.89. The van der Waals surface area contributed by atoms with Crippen molar-refractivity contribution < 1.29 is 13.2 Å². The largest absolute Gasteiger partial charge is 0.356 e. The Hall–Kier alpha value is -1.83. The van der Waals surface area contributed by atoms with E-state index in [2.05, 4.69) is 15.0 Å². The zero-order valence-electron chi connectivity index (χ0n) is 12.8. The number of aryl methyl sites for hydroxylation is 2. The van der Waals surface area contributed by atoms with Crippen LogP contribution in [-0.4, -0.2) is 32.4 Å². The fourth-order valence-corrected chi connectivity index (χ4v) is 3.55. The molecule has 0 radical (unpaired) electrons. The van der Waals surface area contributed by atoms with Gasteiger partial charge >= 0.3 is 0 Å². The first-order valence-electron chi connectivity index (χ1n) is 6.98. The third-order valence-corrected chi connectivity index (χ3v) is 5.05. The molecule has 2 rings (SSSR count). The molecule has 23 heavy (non-hydrogen) atoms. The van der Waals surface area contributed by atoms with Crippen LogP contribution in [0.5, 0.6) is 0 Å². The first-order valence-corrected chi connectivity index (χ1v) is 8.85.